The number of nitrogens with one attached hydrogen (secondary N) is 1. The first-order chi connectivity index (χ1) is 10.2. The summed E-state index contributed by atoms with van der Waals surface area (Å²) in [6.45, 7) is 4.16. The molecule has 0 saturated carbocycles. The van der Waals surface area contributed by atoms with Gasteiger partial charge in [0, 0.05) is 12.5 Å². The molecule has 0 aliphatic rings. The Hall–Kier alpha value is -1.02. The fourth-order valence-corrected chi connectivity index (χ4v) is 2.85. The number of benzene rings is 2. The zero-order valence-corrected chi connectivity index (χ0v) is 13.8. The van der Waals surface area contributed by atoms with Crippen molar-refractivity contribution in [2.45, 2.75) is 25.7 Å². The van der Waals surface area contributed by atoms with Crippen LogP contribution in [0.3, 0.4) is 0 Å². The molecule has 0 aliphatic heterocycles. The van der Waals surface area contributed by atoms with Crippen LogP contribution in [0.15, 0.2) is 48.5 Å². The average molecular weight is 322 g/mol. The van der Waals surface area contributed by atoms with Gasteiger partial charge in [0.1, 0.15) is 0 Å². The molecule has 1 unspecified atom stereocenters. The second-order valence-electron chi connectivity index (χ2n) is 5.23. The van der Waals surface area contributed by atoms with E-state index in [0.717, 1.165) is 31.5 Å². The Labute approximate surface area is 137 Å². The van der Waals surface area contributed by atoms with E-state index in [1.54, 1.807) is 0 Å². The zero-order chi connectivity index (χ0) is 15.1. The topological polar surface area (TPSA) is 12.0 Å². The van der Waals surface area contributed by atoms with Gasteiger partial charge in [-0.25, -0.2) is 0 Å². The molecule has 21 heavy (non-hydrogen) atoms. The van der Waals surface area contributed by atoms with Crippen molar-refractivity contribution < 1.29 is 0 Å². The summed E-state index contributed by atoms with van der Waals surface area (Å²) in [6.07, 6.45) is 2.03. The first-order valence-corrected chi connectivity index (χ1v) is 8.16. The average Bonchev–Trinajstić information content (AvgIpc) is 2.51. The Balaban J connectivity index is 2.17. The van der Waals surface area contributed by atoms with Crippen molar-refractivity contribution in [2.75, 3.05) is 13.1 Å². The molecule has 1 N–H and O–H groups in total. The van der Waals surface area contributed by atoms with Crippen LogP contribution in [-0.2, 0) is 6.42 Å². The number of halogens is 2. The molecular weight excluding hydrogens is 301 g/mol. The lowest BCUT2D eigenvalue weighted by Crippen LogP contribution is -2.23. The molecule has 0 bridgehead atoms. The van der Waals surface area contributed by atoms with Crippen molar-refractivity contribution in [1.29, 1.82) is 0 Å². The van der Waals surface area contributed by atoms with Crippen molar-refractivity contribution in [3.05, 3.63) is 69.7 Å². The molecule has 2 aromatic carbocycles. The molecule has 1 atom stereocenters. The van der Waals surface area contributed by atoms with Gasteiger partial charge in [0.2, 0.25) is 0 Å². The van der Waals surface area contributed by atoms with E-state index in [1.807, 2.05) is 18.2 Å². The molecule has 2 aromatic rings. The molecule has 0 fully saturated rings. The third-order valence-electron chi connectivity index (χ3n) is 3.59. The van der Waals surface area contributed by atoms with Crippen LogP contribution in [0.25, 0.3) is 0 Å². The molecule has 0 aromatic heterocycles. The van der Waals surface area contributed by atoms with Gasteiger partial charge in [0.25, 0.3) is 0 Å². The summed E-state index contributed by atoms with van der Waals surface area (Å²) in [4.78, 5) is 0. The Morgan fingerprint density at radius 3 is 2.48 bits per heavy atom. The van der Waals surface area contributed by atoms with Crippen LogP contribution in [0.1, 0.15) is 30.4 Å². The quantitative estimate of drug-likeness (QED) is 0.680. The molecule has 0 amide bonds. The Morgan fingerprint density at radius 1 is 1.00 bits per heavy atom. The highest BCUT2D eigenvalue weighted by Crippen LogP contribution is 2.30. The van der Waals surface area contributed by atoms with E-state index in [2.05, 4.69) is 42.6 Å². The second kappa shape index (κ2) is 8.43. The first kappa shape index (κ1) is 16.4. The molecule has 112 valence electrons. The summed E-state index contributed by atoms with van der Waals surface area (Å²) in [5, 5.41) is 4.82. The van der Waals surface area contributed by atoms with Crippen molar-refractivity contribution in [1.82, 2.24) is 5.32 Å². The van der Waals surface area contributed by atoms with E-state index in [4.69, 9.17) is 23.2 Å². The van der Waals surface area contributed by atoms with E-state index < -0.39 is 0 Å². The minimum absolute atomic E-state index is 0.397. The van der Waals surface area contributed by atoms with Crippen LogP contribution in [0.2, 0.25) is 10.0 Å². The summed E-state index contributed by atoms with van der Waals surface area (Å²) in [5.41, 5.74) is 2.44. The smallest absolute Gasteiger partial charge is 0.0624 e. The minimum atomic E-state index is 0.397. The van der Waals surface area contributed by atoms with E-state index in [0.29, 0.717) is 16.0 Å². The lowest BCUT2D eigenvalue weighted by molar-refractivity contribution is 0.576. The second-order valence-corrected chi connectivity index (χ2v) is 6.01. The maximum atomic E-state index is 6.33. The van der Waals surface area contributed by atoms with Gasteiger partial charge >= 0.3 is 0 Å². The van der Waals surface area contributed by atoms with Gasteiger partial charge in [-0.3, -0.25) is 0 Å². The highest BCUT2D eigenvalue weighted by Gasteiger charge is 2.14. The zero-order valence-electron chi connectivity index (χ0n) is 12.3. The van der Waals surface area contributed by atoms with Crippen molar-refractivity contribution >= 4 is 23.2 Å². The van der Waals surface area contributed by atoms with Crippen molar-refractivity contribution in [3.63, 3.8) is 0 Å². The van der Waals surface area contributed by atoms with Crippen LogP contribution in [0, 0.1) is 0 Å². The van der Waals surface area contributed by atoms with E-state index in [-0.39, 0.29) is 0 Å². The molecule has 2 rings (SSSR count). The van der Waals surface area contributed by atoms with Crippen LogP contribution < -0.4 is 5.32 Å². The predicted octanol–water partition coefficient (Wildman–Crippen LogP) is 5.32. The standard InChI is InChI=1S/C18H21Cl2N/c1-2-11-21-13-16(14-7-4-3-5-8-14)12-15-9-6-10-17(19)18(15)20/h3-10,16,21H,2,11-13H2,1H3. The highest BCUT2D eigenvalue weighted by atomic mass is 35.5. The van der Waals surface area contributed by atoms with E-state index >= 15 is 0 Å². The summed E-state index contributed by atoms with van der Waals surface area (Å²) in [7, 11) is 0. The molecule has 3 heteroatoms. The first-order valence-electron chi connectivity index (χ1n) is 7.41. The molecule has 0 spiro atoms. The maximum Gasteiger partial charge on any atom is 0.0624 e. The Bertz CT molecular complexity index is 554. The van der Waals surface area contributed by atoms with Gasteiger partial charge in [-0.2, -0.15) is 0 Å². The van der Waals surface area contributed by atoms with Gasteiger partial charge < -0.3 is 5.32 Å². The molecule has 0 saturated heterocycles. The van der Waals surface area contributed by atoms with Crippen LogP contribution >= 0.6 is 23.2 Å². The number of hydrogen-bond acceptors (Lipinski definition) is 1. The van der Waals surface area contributed by atoms with Crippen LogP contribution in [0.4, 0.5) is 0 Å². The fraction of sp³-hybridized carbons (Fsp3) is 0.333. The van der Waals surface area contributed by atoms with E-state index in [1.165, 1.54) is 5.56 Å². The highest BCUT2D eigenvalue weighted by molar-refractivity contribution is 6.42. The van der Waals surface area contributed by atoms with Crippen molar-refractivity contribution in [3.8, 4) is 0 Å². The lowest BCUT2D eigenvalue weighted by Gasteiger charge is -2.19. The lowest BCUT2D eigenvalue weighted by atomic mass is 9.92. The molecule has 1 nitrogen and oxygen atoms in total. The summed E-state index contributed by atoms with van der Waals surface area (Å²) in [5.74, 6) is 0.397. The Kier molecular flexibility index (Phi) is 6.56. The van der Waals surface area contributed by atoms with Crippen molar-refractivity contribution in [2.24, 2.45) is 0 Å². The normalized spacial score (nSPS) is 12.3. The Morgan fingerprint density at radius 2 is 1.76 bits per heavy atom. The van der Waals surface area contributed by atoms with Gasteiger partial charge in [-0.05, 0) is 36.6 Å². The molecule has 0 aliphatic carbocycles. The minimum Gasteiger partial charge on any atom is -0.316 e. The van der Waals surface area contributed by atoms with Gasteiger partial charge in [-0.15, -0.1) is 0 Å². The third kappa shape index (κ3) is 4.74. The largest absolute Gasteiger partial charge is 0.316 e. The van der Waals surface area contributed by atoms with Crippen LogP contribution in [0.5, 0.6) is 0 Å². The molecule has 0 heterocycles. The van der Waals surface area contributed by atoms with E-state index in [9.17, 15) is 0 Å². The predicted molar refractivity (Wildman–Crippen MR) is 92.5 cm³/mol. The molecular formula is C18H21Cl2N. The summed E-state index contributed by atoms with van der Waals surface area (Å²) in [6, 6.07) is 16.4. The number of rotatable bonds is 7. The van der Waals surface area contributed by atoms with Crippen LogP contribution in [-0.4, -0.2) is 13.1 Å². The number of hydrogen-bond donors (Lipinski definition) is 1. The summed E-state index contributed by atoms with van der Waals surface area (Å²) >= 11 is 12.5. The maximum absolute atomic E-state index is 6.33. The fourth-order valence-electron chi connectivity index (χ4n) is 2.46. The SMILES string of the molecule is CCCNCC(Cc1cccc(Cl)c1Cl)c1ccccc1. The third-order valence-corrected chi connectivity index (χ3v) is 4.44. The van der Waals surface area contributed by atoms with Gasteiger partial charge in [-0.1, -0.05) is 72.6 Å². The summed E-state index contributed by atoms with van der Waals surface area (Å²) < 4.78 is 0. The monoisotopic (exact) mass is 321 g/mol. The van der Waals surface area contributed by atoms with Gasteiger partial charge in [0.15, 0.2) is 0 Å². The van der Waals surface area contributed by atoms with Gasteiger partial charge in [0.05, 0.1) is 10.0 Å². The molecule has 0 radical (unpaired) electrons.